The maximum Gasteiger partial charge on any atom is 0.261 e. The first kappa shape index (κ1) is 16.3. The number of nitrogens with one attached hydrogen (secondary N) is 1. The zero-order valence-corrected chi connectivity index (χ0v) is 13.1. The van der Waals surface area contributed by atoms with E-state index in [2.05, 4.69) is 4.72 Å². The molecule has 0 spiro atoms. The third kappa shape index (κ3) is 5.00. The average Bonchev–Trinajstić information content (AvgIpc) is 2.27. The van der Waals surface area contributed by atoms with Crippen LogP contribution in [0.4, 0.5) is 5.69 Å². The van der Waals surface area contributed by atoms with E-state index in [1.807, 2.05) is 6.92 Å². The van der Waals surface area contributed by atoms with E-state index in [-0.39, 0.29) is 10.6 Å². The Morgan fingerprint density at radius 3 is 2.32 bits per heavy atom. The molecule has 0 heterocycles. The molecule has 0 saturated carbocycles. The molecule has 1 aromatic carbocycles. The molecular formula is C11H16ClNO4S2. The van der Waals surface area contributed by atoms with Crippen molar-refractivity contribution in [3.63, 3.8) is 0 Å². The Labute approximate surface area is 118 Å². The molecule has 0 aliphatic rings. The van der Waals surface area contributed by atoms with Gasteiger partial charge in [-0.15, -0.1) is 0 Å². The van der Waals surface area contributed by atoms with Gasteiger partial charge in [-0.3, -0.25) is 4.72 Å². The molecule has 1 rings (SSSR count). The lowest BCUT2D eigenvalue weighted by Gasteiger charge is -2.10. The second kappa shape index (κ2) is 6.11. The predicted octanol–water partition coefficient (Wildman–Crippen LogP) is 2.46. The first-order chi connectivity index (χ1) is 8.65. The second-order valence-electron chi connectivity index (χ2n) is 4.19. The van der Waals surface area contributed by atoms with Crippen LogP contribution in [0.5, 0.6) is 0 Å². The van der Waals surface area contributed by atoms with Gasteiger partial charge in [-0.25, -0.2) is 16.8 Å². The van der Waals surface area contributed by atoms with Gasteiger partial charge in [0.25, 0.3) is 9.05 Å². The van der Waals surface area contributed by atoms with Crippen LogP contribution in [-0.4, -0.2) is 22.6 Å². The van der Waals surface area contributed by atoms with E-state index in [1.54, 1.807) is 6.92 Å². The molecule has 0 aliphatic carbocycles. The van der Waals surface area contributed by atoms with Crippen LogP contribution >= 0.6 is 10.7 Å². The van der Waals surface area contributed by atoms with Crippen LogP contribution in [0.2, 0.25) is 0 Å². The number of aryl methyl sites for hydroxylation is 1. The average molecular weight is 326 g/mol. The van der Waals surface area contributed by atoms with Crippen molar-refractivity contribution in [2.45, 2.75) is 31.6 Å². The summed E-state index contributed by atoms with van der Waals surface area (Å²) in [4.78, 5) is -0.0526. The minimum atomic E-state index is -3.80. The van der Waals surface area contributed by atoms with Gasteiger partial charge in [-0.1, -0.05) is 13.3 Å². The van der Waals surface area contributed by atoms with Crippen LogP contribution in [0.1, 0.15) is 25.3 Å². The topological polar surface area (TPSA) is 80.3 Å². The molecule has 0 fully saturated rings. The van der Waals surface area contributed by atoms with Gasteiger partial charge in [0.2, 0.25) is 10.0 Å². The summed E-state index contributed by atoms with van der Waals surface area (Å²) >= 11 is 0. The number of hydrogen-bond acceptors (Lipinski definition) is 4. The first-order valence-electron chi connectivity index (χ1n) is 5.71. The van der Waals surface area contributed by atoms with Crippen molar-refractivity contribution in [2.24, 2.45) is 0 Å². The normalized spacial score (nSPS) is 12.4. The second-order valence-corrected chi connectivity index (χ2v) is 8.60. The highest BCUT2D eigenvalue weighted by Gasteiger charge is 2.14. The third-order valence-electron chi connectivity index (χ3n) is 2.51. The van der Waals surface area contributed by atoms with Crippen molar-refractivity contribution in [3.8, 4) is 0 Å². The predicted molar refractivity (Wildman–Crippen MR) is 76.5 cm³/mol. The molecule has 5 nitrogen and oxygen atoms in total. The van der Waals surface area contributed by atoms with Crippen LogP contribution in [-0.2, 0) is 19.1 Å². The van der Waals surface area contributed by atoms with Gasteiger partial charge < -0.3 is 0 Å². The van der Waals surface area contributed by atoms with Crippen LogP contribution in [0.15, 0.2) is 23.1 Å². The summed E-state index contributed by atoms with van der Waals surface area (Å²) < 4.78 is 48.2. The van der Waals surface area contributed by atoms with Gasteiger partial charge >= 0.3 is 0 Å². The van der Waals surface area contributed by atoms with Crippen molar-refractivity contribution >= 4 is 35.4 Å². The molecule has 8 heteroatoms. The van der Waals surface area contributed by atoms with Crippen molar-refractivity contribution in [3.05, 3.63) is 23.8 Å². The highest BCUT2D eigenvalue weighted by Crippen LogP contribution is 2.23. The molecule has 0 saturated heterocycles. The van der Waals surface area contributed by atoms with Crippen LogP contribution in [0.25, 0.3) is 0 Å². The fourth-order valence-electron chi connectivity index (χ4n) is 1.46. The van der Waals surface area contributed by atoms with E-state index in [1.165, 1.54) is 18.2 Å². The largest absolute Gasteiger partial charge is 0.283 e. The van der Waals surface area contributed by atoms with E-state index in [0.717, 1.165) is 6.42 Å². The lowest BCUT2D eigenvalue weighted by atomic mass is 10.2. The fourth-order valence-corrected chi connectivity index (χ4v) is 3.63. The summed E-state index contributed by atoms with van der Waals surface area (Å²) in [7, 11) is -1.99. The smallest absolute Gasteiger partial charge is 0.261 e. The summed E-state index contributed by atoms with van der Waals surface area (Å²) in [6.45, 7) is 3.52. The SMILES string of the molecule is CCCCS(=O)(=O)Nc1ccc(S(=O)(=O)Cl)cc1C. The quantitative estimate of drug-likeness (QED) is 0.815. The van der Waals surface area contributed by atoms with E-state index in [4.69, 9.17) is 10.7 Å². The highest BCUT2D eigenvalue weighted by atomic mass is 35.7. The standard InChI is InChI=1S/C11H16ClNO4S2/c1-3-4-7-18(14,15)13-11-6-5-10(8-9(11)2)19(12,16)17/h5-6,8,13H,3-4,7H2,1-2H3. The van der Waals surface area contributed by atoms with E-state index < -0.39 is 19.1 Å². The summed E-state index contributed by atoms with van der Waals surface area (Å²) in [5.41, 5.74) is 0.863. The van der Waals surface area contributed by atoms with Crippen molar-refractivity contribution in [1.29, 1.82) is 0 Å². The molecular weight excluding hydrogens is 310 g/mol. The maximum absolute atomic E-state index is 11.7. The van der Waals surface area contributed by atoms with Crippen LogP contribution in [0.3, 0.4) is 0 Å². The molecule has 108 valence electrons. The summed E-state index contributed by atoms with van der Waals surface area (Å²) in [6, 6.07) is 4.00. The number of rotatable bonds is 6. The Hall–Kier alpha value is -0.790. The van der Waals surface area contributed by atoms with Gasteiger partial charge in [-0.05, 0) is 37.1 Å². The molecule has 0 bridgehead atoms. The number of halogens is 1. The third-order valence-corrected chi connectivity index (χ3v) is 5.22. The molecule has 19 heavy (non-hydrogen) atoms. The van der Waals surface area contributed by atoms with Gasteiger partial charge in [0.15, 0.2) is 0 Å². The Balaban J connectivity index is 2.99. The number of anilines is 1. The Morgan fingerprint density at radius 2 is 1.84 bits per heavy atom. The molecule has 1 N–H and O–H groups in total. The van der Waals surface area contributed by atoms with Gasteiger partial charge in [-0.2, -0.15) is 0 Å². The molecule has 0 atom stereocenters. The molecule has 0 radical (unpaired) electrons. The summed E-state index contributed by atoms with van der Waals surface area (Å²) in [5, 5.41) is 0. The fraction of sp³-hybridized carbons (Fsp3) is 0.455. The Morgan fingerprint density at radius 1 is 1.21 bits per heavy atom. The summed E-state index contributed by atoms with van der Waals surface area (Å²) in [5.74, 6) is 0.0402. The van der Waals surface area contributed by atoms with Gasteiger partial charge in [0.1, 0.15) is 0 Å². The minimum Gasteiger partial charge on any atom is -0.283 e. The van der Waals surface area contributed by atoms with Crippen LogP contribution < -0.4 is 4.72 Å². The Kier molecular flexibility index (Phi) is 5.23. The van der Waals surface area contributed by atoms with Gasteiger partial charge in [0.05, 0.1) is 16.3 Å². The van der Waals surface area contributed by atoms with E-state index >= 15 is 0 Å². The Bertz CT molecular complexity index is 653. The molecule has 1 aromatic rings. The van der Waals surface area contributed by atoms with E-state index in [0.29, 0.717) is 17.7 Å². The number of benzene rings is 1. The van der Waals surface area contributed by atoms with E-state index in [9.17, 15) is 16.8 Å². The lowest BCUT2D eigenvalue weighted by molar-refractivity contribution is 0.597. The molecule has 0 unspecified atom stereocenters. The maximum atomic E-state index is 11.7. The monoisotopic (exact) mass is 325 g/mol. The van der Waals surface area contributed by atoms with Crippen molar-refractivity contribution in [1.82, 2.24) is 0 Å². The highest BCUT2D eigenvalue weighted by molar-refractivity contribution is 8.13. The zero-order chi connectivity index (χ0) is 14.7. The van der Waals surface area contributed by atoms with Crippen molar-refractivity contribution < 1.29 is 16.8 Å². The van der Waals surface area contributed by atoms with Crippen LogP contribution in [0, 0.1) is 6.92 Å². The number of unbranched alkanes of at least 4 members (excludes halogenated alkanes) is 1. The first-order valence-corrected chi connectivity index (χ1v) is 9.67. The zero-order valence-electron chi connectivity index (χ0n) is 10.7. The lowest BCUT2D eigenvalue weighted by Crippen LogP contribution is -2.17. The number of hydrogen-bond donors (Lipinski definition) is 1. The minimum absolute atomic E-state index is 0.0402. The number of sulfonamides is 1. The molecule has 0 aliphatic heterocycles. The molecule has 0 aromatic heterocycles. The summed E-state index contributed by atoms with van der Waals surface area (Å²) in [6.07, 6.45) is 1.35. The van der Waals surface area contributed by atoms with Crippen molar-refractivity contribution in [2.75, 3.05) is 10.5 Å². The van der Waals surface area contributed by atoms with Gasteiger partial charge in [0, 0.05) is 10.7 Å². The molecule has 0 amide bonds.